The molecule has 1 unspecified atom stereocenters. The molecule has 0 N–H and O–H groups in total. The summed E-state index contributed by atoms with van der Waals surface area (Å²) in [5.41, 5.74) is 2.56. The van der Waals surface area contributed by atoms with Crippen molar-refractivity contribution in [1.82, 2.24) is 14.5 Å². The number of pyridine rings is 2. The summed E-state index contributed by atoms with van der Waals surface area (Å²) in [6, 6.07) is 20.3. The van der Waals surface area contributed by atoms with E-state index in [0.717, 1.165) is 11.1 Å². The van der Waals surface area contributed by atoms with Crippen molar-refractivity contribution in [3.8, 4) is 12.1 Å². The van der Waals surface area contributed by atoms with Crippen LogP contribution in [0.25, 0.3) is 11.0 Å². The summed E-state index contributed by atoms with van der Waals surface area (Å²) >= 11 is 0. The van der Waals surface area contributed by atoms with Crippen LogP contribution in [-0.2, 0) is 7.05 Å². The molecular formula is C30H26F2N6O. The lowest BCUT2D eigenvalue weighted by atomic mass is 9.93. The number of nitriles is 2. The van der Waals surface area contributed by atoms with E-state index in [1.54, 1.807) is 30.3 Å². The summed E-state index contributed by atoms with van der Waals surface area (Å²) in [6.07, 6.45) is 0. The van der Waals surface area contributed by atoms with Crippen LogP contribution in [-0.4, -0.2) is 39.6 Å². The van der Waals surface area contributed by atoms with E-state index in [2.05, 4.69) is 16.0 Å². The number of aromatic nitrogens is 2. The Morgan fingerprint density at radius 2 is 1.54 bits per heavy atom. The second-order valence-electron chi connectivity index (χ2n) is 9.94. The maximum atomic E-state index is 15.6. The van der Waals surface area contributed by atoms with Crippen molar-refractivity contribution < 1.29 is 8.78 Å². The highest BCUT2D eigenvalue weighted by atomic mass is 19.1. The lowest BCUT2D eigenvalue weighted by molar-refractivity contribution is 0.129. The third-order valence-electron chi connectivity index (χ3n) is 7.47. The Hall–Kier alpha value is -4.60. The van der Waals surface area contributed by atoms with Crippen LogP contribution in [0, 0.1) is 34.3 Å². The number of halogens is 2. The standard InChI is InChI=1S/C30H26F2N6O/c1-18-17-38(29-26(32)30(39)36(3)25-13-12-24(15-34)35-27(25)29)19(2)16-37(18)28(22-8-10-23(31)11-9-22)21-6-4-20(14-33)5-7-21/h4-13,18-19,28H,16-17H2,1-3H3/t18-,19+,28?/m1/s1. The van der Waals surface area contributed by atoms with Gasteiger partial charge in [-0.15, -0.1) is 0 Å². The Morgan fingerprint density at radius 1 is 0.897 bits per heavy atom. The van der Waals surface area contributed by atoms with E-state index >= 15 is 4.39 Å². The molecule has 0 bridgehead atoms. The highest BCUT2D eigenvalue weighted by Crippen LogP contribution is 2.37. The molecule has 0 spiro atoms. The van der Waals surface area contributed by atoms with E-state index in [9.17, 15) is 19.7 Å². The summed E-state index contributed by atoms with van der Waals surface area (Å²) in [5.74, 6) is -1.23. The summed E-state index contributed by atoms with van der Waals surface area (Å²) in [7, 11) is 1.49. The molecule has 2 aromatic carbocycles. The lowest BCUT2D eigenvalue weighted by Crippen LogP contribution is -2.58. The predicted octanol–water partition coefficient (Wildman–Crippen LogP) is 4.64. The summed E-state index contributed by atoms with van der Waals surface area (Å²) in [6.45, 7) is 4.86. The van der Waals surface area contributed by atoms with Crippen LogP contribution >= 0.6 is 0 Å². The molecule has 3 heterocycles. The number of anilines is 1. The Bertz CT molecular complexity index is 1690. The van der Waals surface area contributed by atoms with Crippen molar-refractivity contribution in [3.63, 3.8) is 0 Å². The zero-order chi connectivity index (χ0) is 27.8. The largest absolute Gasteiger partial charge is 0.362 e. The van der Waals surface area contributed by atoms with Gasteiger partial charge in [0.05, 0.1) is 23.2 Å². The minimum absolute atomic E-state index is 0.0981. The number of piperazine rings is 1. The van der Waals surface area contributed by atoms with Gasteiger partial charge in [0.2, 0.25) is 5.82 Å². The third kappa shape index (κ3) is 4.62. The topological polar surface area (TPSA) is 88.9 Å². The smallest absolute Gasteiger partial charge is 0.289 e. The van der Waals surface area contributed by atoms with Crippen molar-refractivity contribution in [2.24, 2.45) is 7.05 Å². The molecular weight excluding hydrogens is 498 g/mol. The Balaban J connectivity index is 1.58. The van der Waals surface area contributed by atoms with Crippen LogP contribution < -0.4 is 10.5 Å². The molecule has 1 fully saturated rings. The first-order valence-corrected chi connectivity index (χ1v) is 12.6. The second kappa shape index (κ2) is 10.3. The minimum Gasteiger partial charge on any atom is -0.362 e. The fourth-order valence-corrected chi connectivity index (χ4v) is 5.47. The molecule has 0 radical (unpaired) electrons. The van der Waals surface area contributed by atoms with Gasteiger partial charge in [0.25, 0.3) is 5.56 Å². The predicted molar refractivity (Wildman–Crippen MR) is 144 cm³/mol. The molecule has 39 heavy (non-hydrogen) atoms. The van der Waals surface area contributed by atoms with Crippen LogP contribution in [0.15, 0.2) is 65.5 Å². The first-order chi connectivity index (χ1) is 18.7. The van der Waals surface area contributed by atoms with Gasteiger partial charge < -0.3 is 9.47 Å². The van der Waals surface area contributed by atoms with Crippen molar-refractivity contribution in [1.29, 1.82) is 10.5 Å². The normalized spacial score (nSPS) is 18.5. The van der Waals surface area contributed by atoms with E-state index in [1.807, 2.05) is 36.9 Å². The lowest BCUT2D eigenvalue weighted by Gasteiger charge is -2.48. The SMILES string of the molecule is C[C@@H]1CN(c2c(F)c(=O)n(C)c3ccc(C#N)nc23)[C@@H](C)CN1C(c1ccc(F)cc1)c1ccc(C#N)cc1. The monoisotopic (exact) mass is 524 g/mol. The number of hydrogen-bond acceptors (Lipinski definition) is 6. The summed E-state index contributed by atoms with van der Waals surface area (Å²) < 4.78 is 30.7. The molecule has 5 rings (SSSR count). The number of rotatable bonds is 4. The van der Waals surface area contributed by atoms with E-state index in [4.69, 9.17) is 0 Å². The molecule has 7 nitrogen and oxygen atoms in total. The van der Waals surface area contributed by atoms with Crippen molar-refractivity contribution >= 4 is 16.7 Å². The second-order valence-corrected chi connectivity index (χ2v) is 9.94. The van der Waals surface area contributed by atoms with Crippen molar-refractivity contribution in [3.05, 3.63) is 105 Å². The van der Waals surface area contributed by atoms with Crippen LogP contribution in [0.1, 0.15) is 42.3 Å². The highest BCUT2D eigenvalue weighted by molar-refractivity contribution is 5.89. The molecule has 0 amide bonds. The van der Waals surface area contributed by atoms with E-state index in [0.29, 0.717) is 24.2 Å². The molecule has 196 valence electrons. The van der Waals surface area contributed by atoms with Gasteiger partial charge in [-0.3, -0.25) is 9.69 Å². The Morgan fingerprint density at radius 3 is 2.15 bits per heavy atom. The van der Waals surface area contributed by atoms with Gasteiger partial charge in [-0.2, -0.15) is 14.9 Å². The molecule has 4 aromatic rings. The van der Waals surface area contributed by atoms with Gasteiger partial charge >= 0.3 is 0 Å². The van der Waals surface area contributed by atoms with Gasteiger partial charge in [0, 0.05) is 32.2 Å². The summed E-state index contributed by atoms with van der Waals surface area (Å²) in [4.78, 5) is 21.3. The first-order valence-electron chi connectivity index (χ1n) is 12.6. The highest BCUT2D eigenvalue weighted by Gasteiger charge is 2.37. The van der Waals surface area contributed by atoms with Crippen LogP contribution in [0.5, 0.6) is 0 Å². The zero-order valence-corrected chi connectivity index (χ0v) is 21.8. The van der Waals surface area contributed by atoms with E-state index in [1.165, 1.54) is 29.8 Å². The van der Waals surface area contributed by atoms with Gasteiger partial charge in [0.1, 0.15) is 28.8 Å². The molecule has 9 heteroatoms. The van der Waals surface area contributed by atoms with Gasteiger partial charge in [-0.25, -0.2) is 9.37 Å². The van der Waals surface area contributed by atoms with Gasteiger partial charge in [0.15, 0.2) is 0 Å². The maximum Gasteiger partial charge on any atom is 0.289 e. The molecule has 3 atom stereocenters. The fraction of sp³-hybridized carbons (Fsp3) is 0.267. The van der Waals surface area contributed by atoms with Crippen molar-refractivity contribution in [2.45, 2.75) is 32.0 Å². The van der Waals surface area contributed by atoms with E-state index in [-0.39, 0.29) is 40.8 Å². The first kappa shape index (κ1) is 26.0. The molecule has 1 aliphatic rings. The molecule has 1 saturated heterocycles. The molecule has 2 aromatic heterocycles. The molecule has 0 aliphatic carbocycles. The third-order valence-corrected chi connectivity index (χ3v) is 7.47. The fourth-order valence-electron chi connectivity index (χ4n) is 5.47. The number of hydrogen-bond donors (Lipinski definition) is 0. The molecule has 0 saturated carbocycles. The Kier molecular flexibility index (Phi) is 6.86. The number of aryl methyl sites for hydroxylation is 1. The van der Waals surface area contributed by atoms with Crippen molar-refractivity contribution in [2.75, 3.05) is 18.0 Å². The van der Waals surface area contributed by atoms with Crippen LogP contribution in [0.4, 0.5) is 14.5 Å². The minimum atomic E-state index is -0.901. The quantitative estimate of drug-likeness (QED) is 0.386. The van der Waals surface area contributed by atoms with E-state index < -0.39 is 11.4 Å². The number of benzene rings is 2. The van der Waals surface area contributed by atoms with Crippen LogP contribution in [0.2, 0.25) is 0 Å². The summed E-state index contributed by atoms with van der Waals surface area (Å²) in [5, 5.41) is 18.7. The average Bonchev–Trinajstić information content (AvgIpc) is 2.95. The maximum absolute atomic E-state index is 15.6. The van der Waals surface area contributed by atoms with Crippen LogP contribution in [0.3, 0.4) is 0 Å². The Labute approximate surface area is 224 Å². The number of nitrogens with zero attached hydrogens (tertiary/aromatic N) is 6. The zero-order valence-electron chi connectivity index (χ0n) is 21.8. The van der Waals surface area contributed by atoms with Gasteiger partial charge in [-0.1, -0.05) is 24.3 Å². The average molecular weight is 525 g/mol. The van der Waals surface area contributed by atoms with Gasteiger partial charge in [-0.05, 0) is 61.4 Å². The number of fused-ring (bicyclic) bond motifs is 1. The molecule has 1 aliphatic heterocycles.